The molecule has 1 unspecified atom stereocenters. The van der Waals surface area contributed by atoms with E-state index >= 15 is 0 Å². The molecule has 0 aromatic carbocycles. The Morgan fingerprint density at radius 3 is 2.75 bits per heavy atom. The Hall–Kier alpha value is -1.82. The fourth-order valence-electron chi connectivity index (χ4n) is 1.68. The van der Waals surface area contributed by atoms with Gasteiger partial charge >= 0.3 is 5.97 Å². The van der Waals surface area contributed by atoms with E-state index in [1.54, 1.807) is 6.07 Å². The van der Waals surface area contributed by atoms with Gasteiger partial charge in [0.15, 0.2) is 0 Å². The fourth-order valence-corrected chi connectivity index (χ4v) is 1.68. The molecule has 0 spiro atoms. The molecule has 0 bridgehead atoms. The number of ether oxygens (including phenoxy) is 2. The van der Waals surface area contributed by atoms with Crippen molar-refractivity contribution >= 4 is 17.5 Å². The van der Waals surface area contributed by atoms with Crippen molar-refractivity contribution in [2.45, 2.75) is 26.8 Å². The quantitative estimate of drug-likeness (QED) is 0.743. The molecule has 0 aliphatic carbocycles. The highest BCUT2D eigenvalue weighted by Crippen LogP contribution is 2.19. The SMILES string of the molecule is CCOCC(Nc1ncc(N)cc1C(=O)OC)C(C)C. The molecule has 1 rings (SSSR count). The highest BCUT2D eigenvalue weighted by molar-refractivity contribution is 5.95. The van der Waals surface area contributed by atoms with E-state index in [1.165, 1.54) is 13.3 Å². The molecular formula is C14H23N3O3. The lowest BCUT2D eigenvalue weighted by atomic mass is 10.0. The van der Waals surface area contributed by atoms with Crippen molar-refractivity contribution in [3.05, 3.63) is 17.8 Å². The molecule has 1 atom stereocenters. The molecular weight excluding hydrogens is 258 g/mol. The van der Waals surface area contributed by atoms with Crippen LogP contribution in [0.25, 0.3) is 0 Å². The van der Waals surface area contributed by atoms with Crippen LogP contribution in [0.15, 0.2) is 12.3 Å². The van der Waals surface area contributed by atoms with Crippen molar-refractivity contribution in [1.29, 1.82) is 0 Å². The largest absolute Gasteiger partial charge is 0.465 e. The molecule has 0 aliphatic heterocycles. The van der Waals surface area contributed by atoms with Gasteiger partial charge in [-0.15, -0.1) is 0 Å². The number of anilines is 2. The first-order valence-electron chi connectivity index (χ1n) is 6.67. The van der Waals surface area contributed by atoms with Crippen LogP contribution in [0.2, 0.25) is 0 Å². The predicted molar refractivity (Wildman–Crippen MR) is 78.7 cm³/mol. The third-order valence-electron chi connectivity index (χ3n) is 2.94. The first-order chi connectivity index (χ1) is 9.49. The van der Waals surface area contributed by atoms with Crippen LogP contribution in [-0.4, -0.2) is 37.3 Å². The fraction of sp³-hybridized carbons (Fsp3) is 0.571. The zero-order chi connectivity index (χ0) is 15.1. The number of carbonyl (C=O) groups is 1. The summed E-state index contributed by atoms with van der Waals surface area (Å²) >= 11 is 0. The number of nitrogens with one attached hydrogen (secondary N) is 1. The van der Waals surface area contributed by atoms with Crippen LogP contribution in [0.3, 0.4) is 0 Å². The van der Waals surface area contributed by atoms with Crippen LogP contribution in [-0.2, 0) is 9.47 Å². The molecule has 0 saturated carbocycles. The smallest absolute Gasteiger partial charge is 0.341 e. The Kier molecular flexibility index (Phi) is 6.24. The molecule has 1 aromatic rings. The van der Waals surface area contributed by atoms with E-state index in [4.69, 9.17) is 15.2 Å². The predicted octanol–water partition coefficient (Wildman–Crippen LogP) is 1.92. The number of esters is 1. The number of rotatable bonds is 7. The van der Waals surface area contributed by atoms with E-state index in [1.807, 2.05) is 6.92 Å². The Morgan fingerprint density at radius 2 is 2.20 bits per heavy atom. The van der Waals surface area contributed by atoms with Crippen molar-refractivity contribution in [2.24, 2.45) is 5.92 Å². The molecule has 0 fully saturated rings. The van der Waals surface area contributed by atoms with Crippen LogP contribution < -0.4 is 11.1 Å². The summed E-state index contributed by atoms with van der Waals surface area (Å²) < 4.78 is 10.2. The van der Waals surface area contributed by atoms with Crippen LogP contribution in [0.5, 0.6) is 0 Å². The van der Waals surface area contributed by atoms with Crippen molar-refractivity contribution in [3.63, 3.8) is 0 Å². The lowest BCUT2D eigenvalue weighted by Gasteiger charge is -2.23. The van der Waals surface area contributed by atoms with Gasteiger partial charge < -0.3 is 20.5 Å². The van der Waals surface area contributed by atoms with Gasteiger partial charge in [0, 0.05) is 6.61 Å². The van der Waals surface area contributed by atoms with Crippen LogP contribution in [0.4, 0.5) is 11.5 Å². The molecule has 20 heavy (non-hydrogen) atoms. The summed E-state index contributed by atoms with van der Waals surface area (Å²) in [6.07, 6.45) is 1.51. The highest BCUT2D eigenvalue weighted by atomic mass is 16.5. The number of nitrogens with two attached hydrogens (primary N) is 1. The summed E-state index contributed by atoms with van der Waals surface area (Å²) in [5, 5.41) is 3.23. The molecule has 6 nitrogen and oxygen atoms in total. The van der Waals surface area contributed by atoms with Gasteiger partial charge in [0.05, 0.1) is 31.6 Å². The van der Waals surface area contributed by atoms with Gasteiger partial charge in [-0.05, 0) is 18.9 Å². The zero-order valence-corrected chi connectivity index (χ0v) is 12.5. The Labute approximate surface area is 119 Å². The van der Waals surface area contributed by atoms with Crippen molar-refractivity contribution in [1.82, 2.24) is 4.98 Å². The second kappa shape index (κ2) is 7.69. The number of carbonyl (C=O) groups excluding carboxylic acids is 1. The summed E-state index contributed by atoms with van der Waals surface area (Å²) in [6, 6.07) is 1.61. The Balaban J connectivity index is 2.96. The third-order valence-corrected chi connectivity index (χ3v) is 2.94. The number of aromatic nitrogens is 1. The number of pyridine rings is 1. The molecule has 1 aromatic heterocycles. The van der Waals surface area contributed by atoms with Crippen LogP contribution >= 0.6 is 0 Å². The standard InChI is InChI=1S/C14H23N3O3/c1-5-20-8-12(9(2)3)17-13-11(14(18)19-4)6-10(15)7-16-13/h6-7,9,12H,5,8,15H2,1-4H3,(H,16,17). The second-order valence-corrected chi connectivity index (χ2v) is 4.81. The summed E-state index contributed by atoms with van der Waals surface area (Å²) in [5.41, 5.74) is 6.41. The van der Waals surface area contributed by atoms with E-state index < -0.39 is 5.97 Å². The molecule has 1 heterocycles. The van der Waals surface area contributed by atoms with Crippen LogP contribution in [0, 0.1) is 5.92 Å². The molecule has 112 valence electrons. The van der Waals surface area contributed by atoms with Gasteiger partial charge in [-0.1, -0.05) is 13.8 Å². The first kappa shape index (κ1) is 16.2. The molecule has 0 amide bonds. The summed E-state index contributed by atoms with van der Waals surface area (Å²) in [5.74, 6) is 0.321. The molecule has 0 radical (unpaired) electrons. The highest BCUT2D eigenvalue weighted by Gasteiger charge is 2.19. The van der Waals surface area contributed by atoms with Gasteiger partial charge in [-0.2, -0.15) is 0 Å². The lowest BCUT2D eigenvalue weighted by Crippen LogP contribution is -2.32. The Bertz CT molecular complexity index is 449. The minimum atomic E-state index is -0.466. The van der Waals surface area contributed by atoms with E-state index in [0.29, 0.717) is 36.2 Å². The van der Waals surface area contributed by atoms with Crippen molar-refractivity contribution in [2.75, 3.05) is 31.4 Å². The maximum absolute atomic E-state index is 11.8. The number of hydrogen-bond donors (Lipinski definition) is 2. The topological polar surface area (TPSA) is 86.5 Å². The maximum Gasteiger partial charge on any atom is 0.341 e. The van der Waals surface area contributed by atoms with Gasteiger partial charge in [-0.3, -0.25) is 0 Å². The number of hydrogen-bond acceptors (Lipinski definition) is 6. The minimum absolute atomic E-state index is 0.0504. The van der Waals surface area contributed by atoms with Gasteiger partial charge in [0.25, 0.3) is 0 Å². The van der Waals surface area contributed by atoms with Crippen molar-refractivity contribution < 1.29 is 14.3 Å². The van der Waals surface area contributed by atoms with Gasteiger partial charge in [0.1, 0.15) is 11.4 Å². The minimum Gasteiger partial charge on any atom is -0.465 e. The number of nitrogens with zero attached hydrogens (tertiary/aromatic N) is 1. The van der Waals surface area contributed by atoms with E-state index in [-0.39, 0.29) is 6.04 Å². The molecule has 6 heteroatoms. The summed E-state index contributed by atoms with van der Waals surface area (Å²) in [7, 11) is 1.33. The maximum atomic E-state index is 11.8. The van der Waals surface area contributed by atoms with E-state index in [0.717, 1.165) is 0 Å². The first-order valence-corrected chi connectivity index (χ1v) is 6.67. The number of methoxy groups -OCH3 is 1. The van der Waals surface area contributed by atoms with E-state index in [9.17, 15) is 4.79 Å². The third kappa shape index (κ3) is 4.38. The monoisotopic (exact) mass is 281 g/mol. The molecule has 0 saturated heterocycles. The second-order valence-electron chi connectivity index (χ2n) is 4.81. The molecule has 0 aliphatic rings. The summed E-state index contributed by atoms with van der Waals surface area (Å²) in [6.45, 7) is 7.28. The Morgan fingerprint density at radius 1 is 1.50 bits per heavy atom. The summed E-state index contributed by atoms with van der Waals surface area (Å²) in [4.78, 5) is 15.9. The normalized spacial score (nSPS) is 12.2. The zero-order valence-electron chi connectivity index (χ0n) is 12.5. The van der Waals surface area contributed by atoms with Crippen LogP contribution in [0.1, 0.15) is 31.1 Å². The average molecular weight is 281 g/mol. The van der Waals surface area contributed by atoms with E-state index in [2.05, 4.69) is 24.1 Å². The lowest BCUT2D eigenvalue weighted by molar-refractivity contribution is 0.0601. The van der Waals surface area contributed by atoms with Crippen molar-refractivity contribution in [3.8, 4) is 0 Å². The van der Waals surface area contributed by atoms with Gasteiger partial charge in [-0.25, -0.2) is 9.78 Å². The molecule has 3 N–H and O–H groups in total. The average Bonchev–Trinajstić information content (AvgIpc) is 2.43. The van der Waals surface area contributed by atoms with Gasteiger partial charge in [0.2, 0.25) is 0 Å². The number of nitrogen functional groups attached to an aromatic ring is 1.